The van der Waals surface area contributed by atoms with E-state index in [4.69, 9.17) is 8.85 Å². The number of hydrogen-bond donors (Lipinski definition) is 0. The summed E-state index contributed by atoms with van der Waals surface area (Å²) in [7, 11) is 1.80. The van der Waals surface area contributed by atoms with E-state index in [-0.39, 0.29) is 0 Å². The standard InChI is InChI=1S/C15H30O2Si/c1-12-10-11-13(2)15(12)18(16-3,17-4)14-8-6-5-7-9-14/h12-15H,5-11H2,1-4H3. The molecule has 0 aromatic heterocycles. The molecule has 0 aromatic rings. The highest BCUT2D eigenvalue weighted by molar-refractivity contribution is 6.70. The summed E-state index contributed by atoms with van der Waals surface area (Å²) in [5.41, 5.74) is 1.44. The summed E-state index contributed by atoms with van der Waals surface area (Å²) in [4.78, 5) is 0. The van der Waals surface area contributed by atoms with Gasteiger partial charge in [-0.2, -0.15) is 0 Å². The molecule has 18 heavy (non-hydrogen) atoms. The van der Waals surface area contributed by atoms with Crippen molar-refractivity contribution < 1.29 is 8.85 Å². The fraction of sp³-hybridized carbons (Fsp3) is 1.00. The molecule has 0 N–H and O–H groups in total. The Balaban J connectivity index is 2.23. The minimum atomic E-state index is -2.04. The van der Waals surface area contributed by atoms with Gasteiger partial charge in [0.25, 0.3) is 0 Å². The number of hydrogen-bond acceptors (Lipinski definition) is 2. The van der Waals surface area contributed by atoms with E-state index >= 15 is 0 Å². The molecule has 2 rings (SSSR count). The summed E-state index contributed by atoms with van der Waals surface area (Å²) < 4.78 is 12.3. The molecule has 2 fully saturated rings. The Bertz CT molecular complexity index is 249. The van der Waals surface area contributed by atoms with Crippen molar-refractivity contribution in [1.29, 1.82) is 0 Å². The third-order valence-electron chi connectivity index (χ3n) is 5.58. The third kappa shape index (κ3) is 2.41. The van der Waals surface area contributed by atoms with Gasteiger partial charge in [-0.05, 0) is 24.7 Å². The van der Waals surface area contributed by atoms with Crippen molar-refractivity contribution in [3.8, 4) is 0 Å². The molecule has 0 amide bonds. The summed E-state index contributed by atoms with van der Waals surface area (Å²) in [6, 6.07) is 0. The zero-order chi connectivity index (χ0) is 13.2. The first-order valence-corrected chi connectivity index (χ1v) is 9.73. The van der Waals surface area contributed by atoms with Gasteiger partial charge in [0.1, 0.15) is 0 Å². The molecule has 3 heteroatoms. The molecule has 0 spiro atoms. The van der Waals surface area contributed by atoms with Gasteiger partial charge in [0.05, 0.1) is 0 Å². The molecule has 0 aliphatic heterocycles. The van der Waals surface area contributed by atoms with Crippen molar-refractivity contribution in [2.24, 2.45) is 11.8 Å². The summed E-state index contributed by atoms with van der Waals surface area (Å²) >= 11 is 0. The second-order valence-corrected chi connectivity index (χ2v) is 10.3. The maximum Gasteiger partial charge on any atom is 0.344 e. The van der Waals surface area contributed by atoms with Crippen LogP contribution in [0.2, 0.25) is 11.1 Å². The highest BCUT2D eigenvalue weighted by Gasteiger charge is 2.56. The van der Waals surface area contributed by atoms with Crippen LogP contribution in [0, 0.1) is 11.8 Å². The molecule has 0 aromatic carbocycles. The van der Waals surface area contributed by atoms with Crippen LogP contribution >= 0.6 is 0 Å². The Hall–Kier alpha value is 0.137. The molecule has 0 bridgehead atoms. The minimum absolute atomic E-state index is 0.704. The first kappa shape index (κ1) is 14.5. The van der Waals surface area contributed by atoms with Crippen LogP contribution in [0.15, 0.2) is 0 Å². The van der Waals surface area contributed by atoms with E-state index < -0.39 is 8.56 Å². The van der Waals surface area contributed by atoms with Gasteiger partial charge in [-0.3, -0.25) is 0 Å². The summed E-state index contributed by atoms with van der Waals surface area (Å²) in [6.45, 7) is 4.83. The van der Waals surface area contributed by atoms with Crippen molar-refractivity contribution in [2.45, 2.75) is 69.9 Å². The molecule has 0 saturated heterocycles. The van der Waals surface area contributed by atoms with Gasteiger partial charge in [0, 0.05) is 25.3 Å². The highest BCUT2D eigenvalue weighted by Crippen LogP contribution is 2.54. The molecular weight excluding hydrogens is 240 g/mol. The van der Waals surface area contributed by atoms with E-state index in [0.717, 1.165) is 17.4 Å². The van der Waals surface area contributed by atoms with Gasteiger partial charge in [0.15, 0.2) is 0 Å². The van der Waals surface area contributed by atoms with E-state index in [0.29, 0.717) is 5.54 Å². The van der Waals surface area contributed by atoms with E-state index in [9.17, 15) is 0 Å². The lowest BCUT2D eigenvalue weighted by Gasteiger charge is -2.44. The smallest absolute Gasteiger partial charge is 0.344 e. The van der Waals surface area contributed by atoms with Gasteiger partial charge in [-0.25, -0.2) is 0 Å². The van der Waals surface area contributed by atoms with Crippen molar-refractivity contribution in [2.75, 3.05) is 14.2 Å². The van der Waals surface area contributed by atoms with Crippen LogP contribution in [0.25, 0.3) is 0 Å². The highest BCUT2D eigenvalue weighted by atomic mass is 28.4. The first-order chi connectivity index (χ1) is 8.65. The van der Waals surface area contributed by atoms with Gasteiger partial charge >= 0.3 is 8.56 Å². The predicted octanol–water partition coefficient (Wildman–Crippen LogP) is 4.49. The summed E-state index contributed by atoms with van der Waals surface area (Å²) in [5.74, 6) is 1.57. The van der Waals surface area contributed by atoms with E-state index in [1.54, 1.807) is 0 Å². The van der Waals surface area contributed by atoms with Crippen LogP contribution in [0.1, 0.15) is 58.8 Å². The monoisotopic (exact) mass is 270 g/mol. The largest absolute Gasteiger partial charge is 0.397 e. The second-order valence-electron chi connectivity index (χ2n) is 6.52. The zero-order valence-corrected chi connectivity index (χ0v) is 13.6. The van der Waals surface area contributed by atoms with Crippen LogP contribution in [0.3, 0.4) is 0 Å². The topological polar surface area (TPSA) is 18.5 Å². The molecule has 2 saturated carbocycles. The molecule has 2 nitrogen and oxygen atoms in total. The molecule has 2 unspecified atom stereocenters. The Morgan fingerprint density at radius 1 is 0.778 bits per heavy atom. The lowest BCUT2D eigenvalue weighted by Crippen LogP contribution is -2.52. The molecule has 0 radical (unpaired) electrons. The van der Waals surface area contributed by atoms with Crippen LogP contribution in [0.4, 0.5) is 0 Å². The van der Waals surface area contributed by atoms with Crippen LogP contribution in [0.5, 0.6) is 0 Å². The Morgan fingerprint density at radius 3 is 1.72 bits per heavy atom. The second kappa shape index (κ2) is 6.06. The SMILES string of the molecule is CO[Si](OC)(C1CCCCC1)C1C(C)CCC1C. The fourth-order valence-electron chi connectivity index (χ4n) is 4.70. The van der Waals surface area contributed by atoms with Gasteiger partial charge < -0.3 is 8.85 Å². The molecule has 2 aliphatic rings. The lowest BCUT2D eigenvalue weighted by molar-refractivity contribution is 0.188. The fourth-order valence-corrected chi connectivity index (χ4v) is 9.76. The van der Waals surface area contributed by atoms with Gasteiger partial charge in [-0.1, -0.05) is 46.0 Å². The van der Waals surface area contributed by atoms with Crippen molar-refractivity contribution in [3.05, 3.63) is 0 Å². The Morgan fingerprint density at radius 2 is 1.28 bits per heavy atom. The molecule has 2 atom stereocenters. The molecule has 0 heterocycles. The van der Waals surface area contributed by atoms with E-state index in [2.05, 4.69) is 13.8 Å². The normalized spacial score (nSPS) is 35.0. The maximum absolute atomic E-state index is 6.17. The summed E-state index contributed by atoms with van der Waals surface area (Å²) in [5, 5.41) is 0. The third-order valence-corrected chi connectivity index (χ3v) is 10.6. The average Bonchev–Trinajstić information content (AvgIpc) is 2.75. The quantitative estimate of drug-likeness (QED) is 0.701. The van der Waals surface area contributed by atoms with Gasteiger partial charge in [-0.15, -0.1) is 0 Å². The zero-order valence-electron chi connectivity index (χ0n) is 12.6. The van der Waals surface area contributed by atoms with E-state index in [1.807, 2.05) is 14.2 Å². The minimum Gasteiger partial charge on any atom is -0.397 e. The average molecular weight is 270 g/mol. The van der Waals surface area contributed by atoms with E-state index in [1.165, 1.54) is 44.9 Å². The van der Waals surface area contributed by atoms with Crippen molar-refractivity contribution in [3.63, 3.8) is 0 Å². The lowest BCUT2D eigenvalue weighted by atomic mass is 10.0. The van der Waals surface area contributed by atoms with Gasteiger partial charge in [0.2, 0.25) is 0 Å². The van der Waals surface area contributed by atoms with Crippen molar-refractivity contribution in [1.82, 2.24) is 0 Å². The Kier molecular flexibility index (Phi) is 4.90. The first-order valence-electron chi connectivity index (χ1n) is 7.76. The van der Waals surface area contributed by atoms with Crippen LogP contribution in [-0.2, 0) is 8.85 Å². The molecule has 2 aliphatic carbocycles. The number of rotatable bonds is 4. The molecular formula is C15H30O2Si. The van der Waals surface area contributed by atoms with Crippen LogP contribution in [-0.4, -0.2) is 22.8 Å². The Labute approximate surface area is 114 Å². The van der Waals surface area contributed by atoms with Crippen molar-refractivity contribution >= 4 is 8.56 Å². The molecule has 106 valence electrons. The maximum atomic E-state index is 6.17. The predicted molar refractivity (Wildman–Crippen MR) is 77.9 cm³/mol. The summed E-state index contributed by atoms with van der Waals surface area (Å²) in [6.07, 6.45) is 9.56. The van der Waals surface area contributed by atoms with Crippen LogP contribution < -0.4 is 0 Å².